The molecule has 0 aromatic heterocycles. The van der Waals surface area contributed by atoms with E-state index in [1.54, 1.807) is 6.20 Å². The highest BCUT2D eigenvalue weighted by Gasteiger charge is 2.30. The summed E-state index contributed by atoms with van der Waals surface area (Å²) in [5, 5.41) is 7.29. The zero-order valence-corrected chi connectivity index (χ0v) is 11.9. The van der Waals surface area contributed by atoms with E-state index in [4.69, 9.17) is 5.41 Å². The number of allylic oxidation sites excluding steroid dienone is 5. The summed E-state index contributed by atoms with van der Waals surface area (Å²) in [7, 11) is 0. The van der Waals surface area contributed by atoms with Crippen molar-refractivity contribution in [3.05, 3.63) is 35.6 Å². The molecule has 0 fully saturated rings. The fourth-order valence-electron chi connectivity index (χ4n) is 2.48. The highest BCUT2D eigenvalue weighted by molar-refractivity contribution is 5.91. The van der Waals surface area contributed by atoms with Crippen LogP contribution in [-0.2, 0) is 0 Å². The van der Waals surface area contributed by atoms with Gasteiger partial charge < -0.3 is 5.41 Å². The van der Waals surface area contributed by atoms with Gasteiger partial charge in [-0.3, -0.25) is 4.99 Å². The van der Waals surface area contributed by atoms with Crippen LogP contribution in [0.25, 0.3) is 0 Å². The van der Waals surface area contributed by atoms with Crippen molar-refractivity contribution in [1.29, 1.82) is 5.41 Å². The van der Waals surface area contributed by atoms with Crippen LogP contribution in [0.2, 0.25) is 0 Å². The van der Waals surface area contributed by atoms with Crippen LogP contribution in [0.15, 0.2) is 40.6 Å². The van der Waals surface area contributed by atoms with E-state index in [-0.39, 0.29) is 5.41 Å². The van der Waals surface area contributed by atoms with E-state index < -0.39 is 0 Å². The molecule has 1 atom stereocenters. The van der Waals surface area contributed by atoms with Crippen LogP contribution in [0.3, 0.4) is 0 Å². The van der Waals surface area contributed by atoms with Crippen LogP contribution >= 0.6 is 0 Å². The van der Waals surface area contributed by atoms with E-state index >= 15 is 0 Å². The number of rotatable bonds is 5. The number of hydrogen-bond acceptors (Lipinski definition) is 2. The molecule has 0 aromatic carbocycles. The molecule has 0 radical (unpaired) electrons. The average molecular weight is 244 g/mol. The lowest BCUT2D eigenvalue weighted by Gasteiger charge is -2.35. The summed E-state index contributed by atoms with van der Waals surface area (Å²) in [6.45, 7) is 9.10. The number of hydrogen-bond donors (Lipinski definition) is 1. The molecule has 1 heterocycles. The molecule has 0 amide bonds. The first-order valence-corrected chi connectivity index (χ1v) is 6.67. The van der Waals surface area contributed by atoms with E-state index in [1.807, 2.05) is 18.4 Å². The monoisotopic (exact) mass is 244 g/mol. The fraction of sp³-hybridized carbons (Fsp3) is 0.500. The van der Waals surface area contributed by atoms with Gasteiger partial charge in [0, 0.05) is 18.6 Å². The minimum atomic E-state index is 0.258. The van der Waals surface area contributed by atoms with Crippen molar-refractivity contribution in [3.8, 4) is 0 Å². The zero-order valence-electron chi connectivity index (χ0n) is 11.9. The van der Waals surface area contributed by atoms with Gasteiger partial charge >= 0.3 is 0 Å². The second-order valence-corrected chi connectivity index (χ2v) is 5.33. The van der Waals surface area contributed by atoms with Gasteiger partial charge in [-0.1, -0.05) is 40.2 Å². The summed E-state index contributed by atoms with van der Waals surface area (Å²) in [4.78, 5) is 4.22. The van der Waals surface area contributed by atoms with Crippen molar-refractivity contribution in [2.75, 3.05) is 0 Å². The summed E-state index contributed by atoms with van der Waals surface area (Å²) in [6.07, 6.45) is 13.2. The summed E-state index contributed by atoms with van der Waals surface area (Å²) in [6, 6.07) is 0. The van der Waals surface area contributed by atoms with E-state index in [2.05, 4.69) is 38.8 Å². The van der Waals surface area contributed by atoms with Crippen LogP contribution in [0.5, 0.6) is 0 Å². The van der Waals surface area contributed by atoms with E-state index in [0.29, 0.717) is 5.92 Å². The molecule has 1 unspecified atom stereocenters. The van der Waals surface area contributed by atoms with Gasteiger partial charge in [0.15, 0.2) is 0 Å². The second kappa shape index (κ2) is 6.48. The van der Waals surface area contributed by atoms with Crippen molar-refractivity contribution in [1.82, 2.24) is 0 Å². The molecule has 0 saturated carbocycles. The minimum absolute atomic E-state index is 0.258. The summed E-state index contributed by atoms with van der Waals surface area (Å²) < 4.78 is 0. The normalized spacial score (nSPS) is 19.6. The summed E-state index contributed by atoms with van der Waals surface area (Å²) in [5.74, 6) is 0.489. The van der Waals surface area contributed by atoms with Gasteiger partial charge in [0.25, 0.3) is 0 Å². The Balaban J connectivity index is 3.20. The lowest BCUT2D eigenvalue weighted by atomic mass is 9.70. The quantitative estimate of drug-likeness (QED) is 0.689. The molecule has 98 valence electrons. The standard InChI is InChI=1S/C16H24N2/c1-5-15(16(3,4)6-2)14-8-7-11-18-12-13(14)9-10-17/h7-12,15,17H,5-6H2,1-4H3. The number of nitrogens with one attached hydrogen (secondary N) is 1. The minimum Gasteiger partial charge on any atom is -0.309 e. The summed E-state index contributed by atoms with van der Waals surface area (Å²) in [5.41, 5.74) is 2.61. The Morgan fingerprint density at radius 1 is 1.39 bits per heavy atom. The molecular formula is C16H24N2. The maximum atomic E-state index is 7.29. The second-order valence-electron chi connectivity index (χ2n) is 5.33. The zero-order chi connectivity index (χ0) is 13.6. The van der Waals surface area contributed by atoms with Gasteiger partial charge in [-0.2, -0.15) is 0 Å². The first-order chi connectivity index (χ1) is 8.56. The average Bonchev–Trinajstić information content (AvgIpc) is 2.57. The molecule has 0 bridgehead atoms. The third kappa shape index (κ3) is 3.28. The molecule has 18 heavy (non-hydrogen) atoms. The molecule has 1 N–H and O–H groups in total. The fourth-order valence-corrected chi connectivity index (χ4v) is 2.48. The lowest BCUT2D eigenvalue weighted by molar-refractivity contribution is 0.234. The smallest absolute Gasteiger partial charge is 0.0343 e. The Labute approximate surface area is 111 Å². The maximum absolute atomic E-state index is 7.29. The Hall–Kier alpha value is -1.44. The van der Waals surface area contributed by atoms with Crippen molar-refractivity contribution in [2.45, 2.75) is 40.5 Å². The first kappa shape index (κ1) is 14.6. The Morgan fingerprint density at radius 2 is 2.11 bits per heavy atom. The summed E-state index contributed by atoms with van der Waals surface area (Å²) >= 11 is 0. The van der Waals surface area contributed by atoms with Crippen molar-refractivity contribution in [3.63, 3.8) is 0 Å². The molecule has 1 rings (SSSR count). The van der Waals surface area contributed by atoms with Crippen LogP contribution in [0.4, 0.5) is 0 Å². The van der Waals surface area contributed by atoms with E-state index in [9.17, 15) is 0 Å². The molecule has 0 saturated heterocycles. The van der Waals surface area contributed by atoms with Crippen molar-refractivity contribution >= 4 is 12.4 Å². The van der Waals surface area contributed by atoms with Gasteiger partial charge in [-0.15, -0.1) is 0 Å². The van der Waals surface area contributed by atoms with Gasteiger partial charge in [0.2, 0.25) is 0 Å². The molecule has 0 spiro atoms. The topological polar surface area (TPSA) is 36.2 Å². The molecule has 0 aromatic rings. The SMILES string of the molecule is CCC(C1=CC=CN=CC1=CC=N)C(C)(C)CC. The molecule has 1 aliphatic rings. The largest absolute Gasteiger partial charge is 0.309 e. The van der Waals surface area contributed by atoms with Gasteiger partial charge in [0.1, 0.15) is 0 Å². The Kier molecular flexibility index (Phi) is 5.26. The van der Waals surface area contributed by atoms with Gasteiger partial charge in [-0.05, 0) is 41.1 Å². The highest BCUT2D eigenvalue weighted by Crippen LogP contribution is 2.40. The third-order valence-electron chi connectivity index (χ3n) is 3.90. The molecule has 2 heteroatoms. The number of nitrogens with zero attached hydrogens (tertiary/aromatic N) is 1. The van der Waals surface area contributed by atoms with Crippen molar-refractivity contribution < 1.29 is 0 Å². The van der Waals surface area contributed by atoms with E-state index in [0.717, 1.165) is 18.4 Å². The number of aliphatic imine (C=N–C) groups is 1. The lowest BCUT2D eigenvalue weighted by Crippen LogP contribution is -2.25. The predicted molar refractivity (Wildman–Crippen MR) is 80.4 cm³/mol. The van der Waals surface area contributed by atoms with Crippen LogP contribution < -0.4 is 0 Å². The van der Waals surface area contributed by atoms with Gasteiger partial charge in [-0.25, -0.2) is 0 Å². The first-order valence-electron chi connectivity index (χ1n) is 6.67. The van der Waals surface area contributed by atoms with Crippen LogP contribution in [-0.4, -0.2) is 12.4 Å². The van der Waals surface area contributed by atoms with E-state index in [1.165, 1.54) is 11.8 Å². The Bertz CT molecular complexity index is 409. The molecule has 1 aliphatic heterocycles. The van der Waals surface area contributed by atoms with Gasteiger partial charge in [0.05, 0.1) is 0 Å². The molecular weight excluding hydrogens is 220 g/mol. The highest BCUT2D eigenvalue weighted by atomic mass is 14.7. The van der Waals surface area contributed by atoms with Crippen LogP contribution in [0.1, 0.15) is 40.5 Å². The third-order valence-corrected chi connectivity index (χ3v) is 3.90. The molecule has 2 nitrogen and oxygen atoms in total. The predicted octanol–water partition coefficient (Wildman–Crippen LogP) is 4.55. The van der Waals surface area contributed by atoms with Crippen molar-refractivity contribution in [2.24, 2.45) is 16.3 Å². The Morgan fingerprint density at radius 3 is 2.67 bits per heavy atom. The maximum Gasteiger partial charge on any atom is 0.0343 e. The molecule has 0 aliphatic carbocycles. The van der Waals surface area contributed by atoms with Crippen LogP contribution in [0, 0.1) is 16.7 Å².